The van der Waals surface area contributed by atoms with Crippen LogP contribution in [0.2, 0.25) is 0 Å². The summed E-state index contributed by atoms with van der Waals surface area (Å²) in [5.41, 5.74) is 0.726. The van der Waals surface area contributed by atoms with Crippen LogP contribution in [0.1, 0.15) is 47.4 Å². The number of carbonyl (C=O) groups is 1. The van der Waals surface area contributed by atoms with Crippen LogP contribution in [0.4, 0.5) is 19.0 Å². The number of aryl methyl sites for hydroxylation is 1. The molecule has 4 rings (SSSR count). The number of anilines is 1. The summed E-state index contributed by atoms with van der Waals surface area (Å²) in [7, 11) is 1.89. The van der Waals surface area contributed by atoms with Crippen LogP contribution < -0.4 is 10.2 Å². The van der Waals surface area contributed by atoms with Crippen molar-refractivity contribution in [1.82, 2.24) is 19.1 Å². The SMILES string of the molecule is Cc1nscc1C(=O)NC1CCC(N(C)c2cccc3nc(C(F)(F)F)cn23)CC1. The van der Waals surface area contributed by atoms with Gasteiger partial charge in [-0.05, 0) is 56.3 Å². The summed E-state index contributed by atoms with van der Waals surface area (Å²) in [5.74, 6) is 0.573. The van der Waals surface area contributed by atoms with E-state index >= 15 is 0 Å². The van der Waals surface area contributed by atoms with Crippen molar-refractivity contribution in [3.8, 4) is 0 Å². The molecule has 0 aliphatic heterocycles. The van der Waals surface area contributed by atoms with Gasteiger partial charge >= 0.3 is 6.18 Å². The Morgan fingerprint density at radius 3 is 2.63 bits per heavy atom. The van der Waals surface area contributed by atoms with Gasteiger partial charge in [-0.1, -0.05) is 6.07 Å². The maximum Gasteiger partial charge on any atom is 0.434 e. The van der Waals surface area contributed by atoms with Crippen molar-refractivity contribution in [1.29, 1.82) is 0 Å². The predicted octanol–water partition coefficient (Wildman–Crippen LogP) is 4.30. The van der Waals surface area contributed by atoms with Crippen molar-refractivity contribution in [2.24, 2.45) is 0 Å². The second-order valence-electron chi connectivity index (χ2n) is 7.64. The second kappa shape index (κ2) is 7.90. The smallest absolute Gasteiger partial charge is 0.358 e. The summed E-state index contributed by atoms with van der Waals surface area (Å²) in [6, 6.07) is 5.35. The molecule has 30 heavy (non-hydrogen) atoms. The van der Waals surface area contributed by atoms with Crippen LogP contribution in [0.25, 0.3) is 5.65 Å². The summed E-state index contributed by atoms with van der Waals surface area (Å²) in [6.45, 7) is 1.82. The molecule has 3 aromatic rings. The average molecular weight is 437 g/mol. The molecule has 0 bridgehead atoms. The molecule has 0 unspecified atom stereocenters. The molecule has 0 aromatic carbocycles. The molecular weight excluding hydrogens is 415 g/mol. The number of nitrogens with zero attached hydrogens (tertiary/aromatic N) is 4. The number of fused-ring (bicyclic) bond motifs is 1. The molecule has 1 saturated carbocycles. The highest BCUT2D eigenvalue weighted by Crippen LogP contribution is 2.31. The Kier molecular flexibility index (Phi) is 5.44. The zero-order chi connectivity index (χ0) is 21.5. The highest BCUT2D eigenvalue weighted by atomic mass is 32.1. The number of aromatic nitrogens is 3. The van der Waals surface area contributed by atoms with Crippen LogP contribution in [0.15, 0.2) is 29.8 Å². The molecule has 0 spiro atoms. The number of hydrogen-bond acceptors (Lipinski definition) is 5. The first-order valence-electron chi connectivity index (χ1n) is 9.74. The Balaban J connectivity index is 1.43. The number of hydrogen-bond donors (Lipinski definition) is 1. The number of halogens is 3. The van der Waals surface area contributed by atoms with E-state index in [1.54, 1.807) is 23.6 Å². The lowest BCUT2D eigenvalue weighted by Gasteiger charge is -2.36. The Morgan fingerprint density at radius 2 is 2.00 bits per heavy atom. The minimum Gasteiger partial charge on any atom is -0.358 e. The van der Waals surface area contributed by atoms with Crippen LogP contribution >= 0.6 is 11.5 Å². The lowest BCUT2D eigenvalue weighted by atomic mass is 9.90. The average Bonchev–Trinajstić information content (AvgIpc) is 3.33. The molecule has 3 aromatic heterocycles. The number of rotatable bonds is 4. The summed E-state index contributed by atoms with van der Waals surface area (Å²) >= 11 is 1.27. The molecule has 0 saturated heterocycles. The second-order valence-corrected chi connectivity index (χ2v) is 8.27. The van der Waals surface area contributed by atoms with E-state index in [1.165, 1.54) is 15.9 Å². The van der Waals surface area contributed by atoms with E-state index in [4.69, 9.17) is 0 Å². The van der Waals surface area contributed by atoms with Gasteiger partial charge in [0.15, 0.2) is 5.69 Å². The van der Waals surface area contributed by atoms with Crippen molar-refractivity contribution in [3.63, 3.8) is 0 Å². The maximum atomic E-state index is 13.1. The Morgan fingerprint density at radius 1 is 1.27 bits per heavy atom. The van der Waals surface area contributed by atoms with E-state index in [1.807, 2.05) is 18.9 Å². The van der Waals surface area contributed by atoms with Crippen LogP contribution in [0, 0.1) is 6.92 Å². The molecule has 1 N–H and O–H groups in total. The molecule has 1 fully saturated rings. The van der Waals surface area contributed by atoms with Crippen LogP contribution in [-0.4, -0.2) is 38.8 Å². The molecule has 3 heterocycles. The van der Waals surface area contributed by atoms with Crippen molar-refractivity contribution in [3.05, 3.63) is 46.7 Å². The van der Waals surface area contributed by atoms with Crippen molar-refractivity contribution in [2.75, 3.05) is 11.9 Å². The van der Waals surface area contributed by atoms with Gasteiger partial charge in [0, 0.05) is 30.7 Å². The predicted molar refractivity (Wildman–Crippen MR) is 109 cm³/mol. The number of carbonyl (C=O) groups excluding carboxylic acids is 1. The normalized spacial score (nSPS) is 19.8. The van der Waals surface area contributed by atoms with Gasteiger partial charge in [0.05, 0.1) is 11.3 Å². The van der Waals surface area contributed by atoms with Gasteiger partial charge in [-0.15, -0.1) is 0 Å². The fraction of sp³-hybridized carbons (Fsp3) is 0.450. The summed E-state index contributed by atoms with van der Waals surface area (Å²) < 4.78 is 44.8. The molecule has 160 valence electrons. The fourth-order valence-electron chi connectivity index (χ4n) is 3.99. The van der Waals surface area contributed by atoms with Gasteiger partial charge < -0.3 is 10.2 Å². The molecule has 1 aliphatic carbocycles. The summed E-state index contributed by atoms with van der Waals surface area (Å²) in [4.78, 5) is 18.1. The minimum atomic E-state index is -4.48. The first-order valence-corrected chi connectivity index (χ1v) is 10.6. The lowest BCUT2D eigenvalue weighted by molar-refractivity contribution is -0.140. The highest BCUT2D eigenvalue weighted by molar-refractivity contribution is 7.03. The van der Waals surface area contributed by atoms with Gasteiger partial charge in [-0.25, -0.2) is 4.98 Å². The zero-order valence-corrected chi connectivity index (χ0v) is 17.4. The first-order chi connectivity index (χ1) is 14.2. The van der Waals surface area contributed by atoms with Gasteiger partial charge in [0.1, 0.15) is 11.5 Å². The van der Waals surface area contributed by atoms with Crippen molar-refractivity contribution < 1.29 is 18.0 Å². The minimum absolute atomic E-state index is 0.0855. The third-order valence-corrected chi connectivity index (χ3v) is 6.42. The van der Waals surface area contributed by atoms with E-state index in [-0.39, 0.29) is 23.6 Å². The number of imidazole rings is 1. The molecule has 0 radical (unpaired) electrons. The quantitative estimate of drug-likeness (QED) is 0.661. The van der Waals surface area contributed by atoms with Crippen molar-refractivity contribution in [2.45, 2.75) is 50.9 Å². The number of amides is 1. The van der Waals surface area contributed by atoms with Gasteiger partial charge in [-0.2, -0.15) is 17.5 Å². The topological polar surface area (TPSA) is 62.5 Å². The van der Waals surface area contributed by atoms with Crippen LogP contribution in [-0.2, 0) is 6.18 Å². The fourth-order valence-corrected chi connectivity index (χ4v) is 4.68. The van der Waals surface area contributed by atoms with E-state index < -0.39 is 11.9 Å². The van der Waals surface area contributed by atoms with E-state index in [0.717, 1.165) is 37.6 Å². The maximum absolute atomic E-state index is 13.1. The molecule has 6 nitrogen and oxygen atoms in total. The monoisotopic (exact) mass is 437 g/mol. The zero-order valence-electron chi connectivity index (χ0n) is 16.6. The molecule has 1 aliphatic rings. The van der Waals surface area contributed by atoms with E-state index in [0.29, 0.717) is 11.4 Å². The van der Waals surface area contributed by atoms with Crippen LogP contribution in [0.3, 0.4) is 0 Å². The number of nitrogens with one attached hydrogen (secondary N) is 1. The third-order valence-electron chi connectivity index (χ3n) is 5.70. The lowest BCUT2D eigenvalue weighted by Crippen LogP contribution is -2.43. The van der Waals surface area contributed by atoms with Gasteiger partial charge in [0.25, 0.3) is 5.91 Å². The molecular formula is C20H22F3N5OS. The van der Waals surface area contributed by atoms with Gasteiger partial charge in [-0.3, -0.25) is 9.20 Å². The molecule has 10 heteroatoms. The van der Waals surface area contributed by atoms with Crippen LogP contribution in [0.5, 0.6) is 0 Å². The largest absolute Gasteiger partial charge is 0.434 e. The molecule has 0 atom stereocenters. The third kappa shape index (κ3) is 4.00. The number of pyridine rings is 1. The highest BCUT2D eigenvalue weighted by Gasteiger charge is 2.34. The Labute approximate surface area is 175 Å². The standard InChI is InChI=1S/C20H22F3N5OS/c1-12-15(11-30-26-12)19(29)24-13-6-8-14(9-7-13)27(2)18-5-3-4-17-25-16(10-28(17)18)20(21,22)23/h3-5,10-11,13-14H,6-9H2,1-2H3,(H,24,29). The van der Waals surface area contributed by atoms with Gasteiger partial charge in [0.2, 0.25) is 0 Å². The summed E-state index contributed by atoms with van der Waals surface area (Å²) in [6.07, 6.45) is -0.145. The van der Waals surface area contributed by atoms with E-state index in [9.17, 15) is 18.0 Å². The first kappa shape index (κ1) is 20.6. The molecule has 1 amide bonds. The Bertz CT molecular complexity index is 1050. The Hall–Kier alpha value is -2.62. The summed E-state index contributed by atoms with van der Waals surface area (Å²) in [5, 5.41) is 4.83. The number of alkyl halides is 3. The van der Waals surface area contributed by atoms with E-state index in [2.05, 4.69) is 14.7 Å². The van der Waals surface area contributed by atoms with Crippen molar-refractivity contribution >= 4 is 28.9 Å².